The van der Waals surface area contributed by atoms with E-state index in [1.807, 2.05) is 0 Å². The highest BCUT2D eigenvalue weighted by molar-refractivity contribution is 5.92. The third-order valence-corrected chi connectivity index (χ3v) is 3.47. The molecule has 2 rings (SSSR count). The second kappa shape index (κ2) is 6.62. The Morgan fingerprint density at radius 2 is 1.62 bits per heavy atom. The van der Waals surface area contributed by atoms with Gasteiger partial charge in [-0.15, -0.1) is 0 Å². The maximum Gasteiger partial charge on any atom is 0.421 e. The van der Waals surface area contributed by atoms with Crippen LogP contribution < -0.4 is 4.90 Å². The number of aliphatic carboxylic acids is 1. The Labute approximate surface area is 151 Å². The molecule has 1 N–H and O–H groups in total. The first kappa shape index (κ1) is 19.7. The van der Waals surface area contributed by atoms with Gasteiger partial charge in [0.2, 0.25) is 0 Å². The van der Waals surface area contributed by atoms with Gasteiger partial charge >= 0.3 is 18.2 Å². The van der Waals surface area contributed by atoms with Crippen molar-refractivity contribution in [1.29, 1.82) is 0 Å². The summed E-state index contributed by atoms with van der Waals surface area (Å²) in [5, 5.41) is 9.36. The summed E-state index contributed by atoms with van der Waals surface area (Å²) < 4.78 is 11.8. The molecule has 0 aromatic carbocycles. The van der Waals surface area contributed by atoms with E-state index in [4.69, 9.17) is 9.47 Å². The molecule has 1 atom stereocenters. The van der Waals surface area contributed by atoms with Crippen LogP contribution in [0.25, 0.3) is 0 Å². The number of carboxylic acid groups (broad SMARTS) is 1. The fourth-order valence-corrected chi connectivity index (χ4v) is 2.50. The summed E-state index contributed by atoms with van der Waals surface area (Å²) in [7, 11) is 0. The van der Waals surface area contributed by atoms with Crippen LogP contribution in [0.5, 0.6) is 0 Å². The highest BCUT2D eigenvalue weighted by Gasteiger charge is 2.39. The number of aromatic nitrogens is 2. The van der Waals surface area contributed by atoms with Crippen molar-refractivity contribution in [2.45, 2.75) is 59.2 Å². The fourth-order valence-electron chi connectivity index (χ4n) is 2.50. The van der Waals surface area contributed by atoms with Crippen molar-refractivity contribution >= 4 is 24.0 Å². The largest absolute Gasteiger partial charge is 0.481 e. The predicted molar refractivity (Wildman–Crippen MR) is 92.3 cm³/mol. The number of nitrogens with zero attached hydrogens (tertiary/aromatic N) is 3. The third kappa shape index (κ3) is 4.53. The molecule has 2 heterocycles. The molecule has 1 amide bonds. The Hall–Kier alpha value is -2.58. The lowest BCUT2D eigenvalue weighted by molar-refractivity contribution is -0.141. The molecule has 1 unspecified atom stereocenters. The zero-order valence-corrected chi connectivity index (χ0v) is 15.9. The Balaban J connectivity index is 2.43. The van der Waals surface area contributed by atoms with Crippen LogP contribution in [0.3, 0.4) is 0 Å². The highest BCUT2D eigenvalue weighted by atomic mass is 16.6. The number of imidazole rings is 1. The lowest BCUT2D eigenvalue weighted by Gasteiger charge is -2.33. The van der Waals surface area contributed by atoms with Gasteiger partial charge in [0.25, 0.3) is 0 Å². The van der Waals surface area contributed by atoms with E-state index in [9.17, 15) is 19.5 Å². The number of hydrogen-bond acceptors (Lipinski definition) is 6. The average Bonchev–Trinajstić information content (AvgIpc) is 2.86. The average molecular weight is 367 g/mol. The number of ether oxygens (including phenoxy) is 2. The molecule has 0 aliphatic carbocycles. The minimum Gasteiger partial charge on any atom is -0.481 e. The van der Waals surface area contributed by atoms with Gasteiger partial charge in [-0.05, 0) is 41.5 Å². The lowest BCUT2D eigenvalue weighted by Crippen LogP contribution is -2.46. The van der Waals surface area contributed by atoms with Gasteiger partial charge in [0.15, 0.2) is 5.82 Å². The van der Waals surface area contributed by atoms with E-state index < -0.39 is 35.3 Å². The van der Waals surface area contributed by atoms with Crippen molar-refractivity contribution in [3.8, 4) is 0 Å². The van der Waals surface area contributed by atoms with Crippen LogP contribution >= 0.6 is 0 Å². The fraction of sp³-hybridized carbons (Fsp3) is 0.647. The molecule has 1 aliphatic heterocycles. The number of anilines is 1. The summed E-state index contributed by atoms with van der Waals surface area (Å²) in [5.74, 6) is -1.70. The van der Waals surface area contributed by atoms with Crippen LogP contribution in [0, 0.1) is 5.92 Å². The van der Waals surface area contributed by atoms with E-state index in [0.717, 1.165) is 9.47 Å². The van der Waals surface area contributed by atoms with Crippen LogP contribution in [-0.2, 0) is 20.7 Å². The summed E-state index contributed by atoms with van der Waals surface area (Å²) >= 11 is 0. The molecule has 0 saturated carbocycles. The van der Waals surface area contributed by atoms with Crippen LogP contribution in [-0.4, -0.2) is 50.6 Å². The van der Waals surface area contributed by atoms with Crippen molar-refractivity contribution in [2.24, 2.45) is 5.92 Å². The van der Waals surface area contributed by atoms with Gasteiger partial charge in [-0.25, -0.2) is 19.1 Å². The third-order valence-electron chi connectivity index (χ3n) is 3.47. The highest BCUT2D eigenvalue weighted by Crippen LogP contribution is 2.31. The number of rotatable bonds is 1. The quantitative estimate of drug-likeness (QED) is 0.812. The first-order valence-electron chi connectivity index (χ1n) is 8.31. The van der Waals surface area contributed by atoms with Crippen LogP contribution in [0.4, 0.5) is 15.4 Å². The molecule has 0 spiro atoms. The summed E-state index contributed by atoms with van der Waals surface area (Å²) in [6.07, 6.45) is -0.0938. The normalized spacial score (nSPS) is 17.5. The number of carbonyl (C=O) groups excluding carboxylic acids is 2. The topological polar surface area (TPSA) is 111 Å². The molecule has 1 aromatic heterocycles. The molecule has 9 nitrogen and oxygen atoms in total. The monoisotopic (exact) mass is 367 g/mol. The first-order chi connectivity index (χ1) is 11.8. The SMILES string of the molecule is CC(C)(C)OC(=O)N1CC(C(=O)O)Cc2ncn(C(=O)OC(C)(C)C)c21. The summed E-state index contributed by atoms with van der Waals surface area (Å²) in [5.41, 5.74) is -1.17. The van der Waals surface area contributed by atoms with Gasteiger partial charge in [0.1, 0.15) is 17.5 Å². The van der Waals surface area contributed by atoms with Crippen molar-refractivity contribution in [3.05, 3.63) is 12.0 Å². The Morgan fingerprint density at radius 3 is 2.12 bits per heavy atom. The molecule has 0 fully saturated rings. The standard InChI is InChI=1S/C17H25N3O6/c1-16(2,3)25-14(23)19-8-10(13(21)22)7-11-12(19)20(9-18-11)15(24)26-17(4,5)6/h9-10H,7-8H2,1-6H3,(H,21,22). The van der Waals surface area contributed by atoms with E-state index in [-0.39, 0.29) is 18.8 Å². The van der Waals surface area contributed by atoms with E-state index in [1.165, 1.54) is 6.33 Å². The Kier molecular flexibility index (Phi) is 5.03. The maximum absolute atomic E-state index is 12.6. The number of hydrogen-bond donors (Lipinski definition) is 1. The zero-order valence-electron chi connectivity index (χ0n) is 15.9. The molecule has 9 heteroatoms. The molecule has 1 aromatic rings. The van der Waals surface area contributed by atoms with Gasteiger partial charge in [-0.2, -0.15) is 0 Å². The zero-order chi connectivity index (χ0) is 19.9. The van der Waals surface area contributed by atoms with Gasteiger partial charge in [-0.3, -0.25) is 9.69 Å². The second-order valence-corrected chi connectivity index (χ2v) is 8.20. The Bertz CT molecular complexity index is 726. The molecule has 144 valence electrons. The minimum absolute atomic E-state index is 0.111. The summed E-state index contributed by atoms with van der Waals surface area (Å²) in [6.45, 7) is 10.2. The molecular formula is C17H25N3O6. The molecule has 0 bridgehead atoms. The van der Waals surface area contributed by atoms with Crippen molar-refractivity contribution in [2.75, 3.05) is 11.4 Å². The van der Waals surface area contributed by atoms with Gasteiger partial charge in [0.05, 0.1) is 11.6 Å². The molecular weight excluding hydrogens is 342 g/mol. The van der Waals surface area contributed by atoms with Crippen molar-refractivity contribution in [3.63, 3.8) is 0 Å². The van der Waals surface area contributed by atoms with Gasteiger partial charge < -0.3 is 14.6 Å². The van der Waals surface area contributed by atoms with E-state index in [1.54, 1.807) is 41.5 Å². The smallest absolute Gasteiger partial charge is 0.421 e. The summed E-state index contributed by atoms with van der Waals surface area (Å²) in [4.78, 5) is 41.8. The molecule has 0 radical (unpaired) electrons. The summed E-state index contributed by atoms with van der Waals surface area (Å²) in [6, 6.07) is 0. The Morgan fingerprint density at radius 1 is 1.08 bits per heavy atom. The number of carbonyl (C=O) groups is 3. The van der Waals surface area contributed by atoms with Crippen molar-refractivity contribution < 1.29 is 29.0 Å². The van der Waals surface area contributed by atoms with Crippen LogP contribution in [0.2, 0.25) is 0 Å². The maximum atomic E-state index is 12.6. The molecule has 0 saturated heterocycles. The predicted octanol–water partition coefficient (Wildman–Crippen LogP) is 2.66. The molecule has 26 heavy (non-hydrogen) atoms. The van der Waals surface area contributed by atoms with E-state index in [0.29, 0.717) is 5.69 Å². The second-order valence-electron chi connectivity index (χ2n) is 8.20. The molecule has 1 aliphatic rings. The van der Waals surface area contributed by atoms with E-state index >= 15 is 0 Å². The number of carboxylic acids is 1. The van der Waals surface area contributed by atoms with Gasteiger partial charge in [0, 0.05) is 13.0 Å². The minimum atomic E-state index is -1.05. The van der Waals surface area contributed by atoms with Crippen LogP contribution in [0.15, 0.2) is 6.33 Å². The number of fused-ring (bicyclic) bond motifs is 1. The van der Waals surface area contributed by atoms with E-state index in [2.05, 4.69) is 4.98 Å². The van der Waals surface area contributed by atoms with Crippen LogP contribution in [0.1, 0.15) is 47.2 Å². The van der Waals surface area contributed by atoms with Gasteiger partial charge in [-0.1, -0.05) is 0 Å². The first-order valence-corrected chi connectivity index (χ1v) is 8.31. The lowest BCUT2D eigenvalue weighted by atomic mass is 9.99. The number of amides is 1. The van der Waals surface area contributed by atoms with Crippen molar-refractivity contribution in [1.82, 2.24) is 9.55 Å².